The fourth-order valence-corrected chi connectivity index (χ4v) is 1.65. The van der Waals surface area contributed by atoms with Gasteiger partial charge in [-0.3, -0.25) is 0 Å². The summed E-state index contributed by atoms with van der Waals surface area (Å²) in [7, 11) is 0. The van der Waals surface area contributed by atoms with Gasteiger partial charge >= 0.3 is 0 Å². The molecule has 0 aliphatic rings. The van der Waals surface area contributed by atoms with Crippen LogP contribution in [0.5, 0.6) is 0 Å². The topological polar surface area (TPSA) is 23.8 Å². The van der Waals surface area contributed by atoms with Crippen molar-refractivity contribution in [3.63, 3.8) is 0 Å². The molecule has 0 bridgehead atoms. The summed E-state index contributed by atoms with van der Waals surface area (Å²) in [5.74, 6) is 5.19. The lowest BCUT2D eigenvalue weighted by Gasteiger charge is -1.87. The van der Waals surface area contributed by atoms with Crippen molar-refractivity contribution in [2.45, 2.75) is 13.3 Å². The van der Waals surface area contributed by atoms with Crippen molar-refractivity contribution in [1.82, 2.24) is 0 Å². The smallest absolute Gasteiger partial charge is 0.152 e. The summed E-state index contributed by atoms with van der Waals surface area (Å²) < 4.78 is 0. The Labute approximate surface area is 70.3 Å². The van der Waals surface area contributed by atoms with Crippen molar-refractivity contribution in [2.24, 2.45) is 0 Å². The first kappa shape index (κ1) is 7.85. The van der Waals surface area contributed by atoms with Gasteiger partial charge in [-0.05, 0) is 29.4 Å². The normalized spacial score (nSPS) is 8.00. The standard InChI is InChI=1S/C9H7NS/c1-2-8-5-7-11-9(8)4-3-6-10/h5,7H,2H2,1H3. The lowest BCUT2D eigenvalue weighted by Crippen LogP contribution is -1.76. The molecule has 1 aromatic rings. The Morgan fingerprint density at radius 1 is 1.64 bits per heavy atom. The monoisotopic (exact) mass is 161 g/mol. The zero-order valence-corrected chi connectivity index (χ0v) is 7.03. The molecule has 0 saturated heterocycles. The molecule has 0 unspecified atom stereocenters. The highest BCUT2D eigenvalue weighted by Crippen LogP contribution is 2.15. The first-order chi connectivity index (χ1) is 5.38. The summed E-state index contributed by atoms with van der Waals surface area (Å²) >= 11 is 1.59. The molecule has 0 amide bonds. The van der Waals surface area contributed by atoms with E-state index in [-0.39, 0.29) is 0 Å². The molecule has 1 nitrogen and oxygen atoms in total. The zero-order valence-electron chi connectivity index (χ0n) is 6.22. The minimum Gasteiger partial charge on any atom is -0.183 e. The van der Waals surface area contributed by atoms with E-state index in [4.69, 9.17) is 5.26 Å². The van der Waals surface area contributed by atoms with Crippen molar-refractivity contribution >= 4 is 11.3 Å². The van der Waals surface area contributed by atoms with E-state index in [1.54, 1.807) is 17.4 Å². The second-order valence-corrected chi connectivity index (χ2v) is 2.91. The second-order valence-electron chi connectivity index (χ2n) is 1.99. The van der Waals surface area contributed by atoms with Crippen LogP contribution in [0.2, 0.25) is 0 Å². The van der Waals surface area contributed by atoms with Gasteiger partial charge in [0.25, 0.3) is 0 Å². The van der Waals surface area contributed by atoms with Crippen LogP contribution in [-0.4, -0.2) is 0 Å². The molecule has 1 aromatic heterocycles. The molecular formula is C9H7NS. The van der Waals surface area contributed by atoms with Gasteiger partial charge in [-0.15, -0.1) is 11.3 Å². The van der Waals surface area contributed by atoms with Crippen LogP contribution >= 0.6 is 11.3 Å². The SMILES string of the molecule is CCc1ccsc1C#CC#N. The van der Waals surface area contributed by atoms with E-state index < -0.39 is 0 Å². The van der Waals surface area contributed by atoms with Gasteiger partial charge in [-0.2, -0.15) is 5.26 Å². The average Bonchev–Trinajstić information content (AvgIpc) is 2.47. The molecule has 0 aliphatic heterocycles. The van der Waals surface area contributed by atoms with Crippen LogP contribution < -0.4 is 0 Å². The summed E-state index contributed by atoms with van der Waals surface area (Å²) in [4.78, 5) is 1.02. The number of nitrogens with zero attached hydrogens (tertiary/aromatic N) is 1. The Bertz CT molecular complexity index is 332. The van der Waals surface area contributed by atoms with Crippen molar-refractivity contribution in [1.29, 1.82) is 5.26 Å². The highest BCUT2D eigenvalue weighted by atomic mass is 32.1. The molecule has 0 radical (unpaired) electrons. The van der Waals surface area contributed by atoms with Gasteiger partial charge in [0.05, 0.1) is 4.88 Å². The molecule has 0 aliphatic carbocycles. The van der Waals surface area contributed by atoms with Gasteiger partial charge in [0.15, 0.2) is 6.07 Å². The molecule has 0 fully saturated rings. The third-order valence-corrected chi connectivity index (χ3v) is 2.23. The molecule has 1 heterocycles. The maximum Gasteiger partial charge on any atom is 0.152 e. The Kier molecular flexibility index (Phi) is 2.72. The molecule has 54 valence electrons. The summed E-state index contributed by atoms with van der Waals surface area (Å²) in [5.41, 5.74) is 1.23. The van der Waals surface area contributed by atoms with Gasteiger partial charge in [0, 0.05) is 5.92 Å². The van der Waals surface area contributed by atoms with Crippen molar-refractivity contribution in [2.75, 3.05) is 0 Å². The Morgan fingerprint density at radius 2 is 2.45 bits per heavy atom. The number of thiophene rings is 1. The summed E-state index contributed by atoms with van der Waals surface area (Å²) in [6, 6.07) is 3.85. The molecule has 0 saturated carbocycles. The molecule has 2 heteroatoms. The first-order valence-corrected chi connectivity index (χ1v) is 4.23. The first-order valence-electron chi connectivity index (χ1n) is 3.35. The quantitative estimate of drug-likeness (QED) is 0.579. The van der Waals surface area contributed by atoms with E-state index in [0.717, 1.165) is 11.3 Å². The van der Waals surface area contributed by atoms with Crippen LogP contribution in [0.1, 0.15) is 17.4 Å². The molecule has 0 spiro atoms. The van der Waals surface area contributed by atoms with Crippen LogP contribution in [0.3, 0.4) is 0 Å². The van der Waals surface area contributed by atoms with Gasteiger partial charge < -0.3 is 0 Å². The Balaban J connectivity index is 2.95. The van der Waals surface area contributed by atoms with E-state index in [0.29, 0.717) is 0 Å². The maximum atomic E-state index is 8.21. The lowest BCUT2D eigenvalue weighted by atomic mass is 10.2. The largest absolute Gasteiger partial charge is 0.183 e. The predicted molar refractivity (Wildman–Crippen MR) is 46.2 cm³/mol. The summed E-state index contributed by atoms with van der Waals surface area (Å²) in [6.07, 6.45) is 0.985. The second kappa shape index (κ2) is 3.81. The van der Waals surface area contributed by atoms with E-state index >= 15 is 0 Å². The molecule has 1 rings (SSSR count). The van der Waals surface area contributed by atoms with Crippen LogP contribution in [0.25, 0.3) is 0 Å². The minimum absolute atomic E-state index is 0.985. The fourth-order valence-electron chi connectivity index (χ4n) is 0.808. The summed E-state index contributed by atoms with van der Waals surface area (Å²) in [5, 5.41) is 10.2. The van der Waals surface area contributed by atoms with Gasteiger partial charge in [-0.25, -0.2) is 0 Å². The molecule has 0 N–H and O–H groups in total. The van der Waals surface area contributed by atoms with Crippen LogP contribution in [-0.2, 0) is 6.42 Å². The van der Waals surface area contributed by atoms with Crippen LogP contribution in [0.15, 0.2) is 11.4 Å². The number of aryl methyl sites for hydroxylation is 1. The molecule has 0 aromatic carbocycles. The van der Waals surface area contributed by atoms with Crippen molar-refractivity contribution in [3.05, 3.63) is 21.9 Å². The average molecular weight is 161 g/mol. The van der Waals surface area contributed by atoms with E-state index in [1.165, 1.54) is 5.56 Å². The predicted octanol–water partition coefficient (Wildman–Crippen LogP) is 2.19. The van der Waals surface area contributed by atoms with Crippen LogP contribution in [0, 0.1) is 23.2 Å². The number of nitriles is 1. The van der Waals surface area contributed by atoms with Crippen molar-refractivity contribution in [3.8, 4) is 17.9 Å². The number of hydrogen-bond donors (Lipinski definition) is 0. The molecular weight excluding hydrogens is 154 g/mol. The summed E-state index contributed by atoms with van der Waals surface area (Å²) in [6.45, 7) is 2.08. The van der Waals surface area contributed by atoms with Crippen LogP contribution in [0.4, 0.5) is 0 Å². The highest BCUT2D eigenvalue weighted by molar-refractivity contribution is 7.10. The highest BCUT2D eigenvalue weighted by Gasteiger charge is 1.96. The Hall–Kier alpha value is -1.25. The third kappa shape index (κ3) is 1.83. The van der Waals surface area contributed by atoms with Crippen molar-refractivity contribution < 1.29 is 0 Å². The molecule has 11 heavy (non-hydrogen) atoms. The molecule has 0 atom stereocenters. The van der Waals surface area contributed by atoms with E-state index in [2.05, 4.69) is 18.8 Å². The van der Waals surface area contributed by atoms with Gasteiger partial charge in [-0.1, -0.05) is 6.92 Å². The fraction of sp³-hybridized carbons (Fsp3) is 0.222. The van der Waals surface area contributed by atoms with Gasteiger partial charge in [0.1, 0.15) is 0 Å². The lowest BCUT2D eigenvalue weighted by molar-refractivity contribution is 1.15. The maximum absolute atomic E-state index is 8.21. The zero-order chi connectivity index (χ0) is 8.10. The van der Waals surface area contributed by atoms with E-state index in [1.807, 2.05) is 11.4 Å². The van der Waals surface area contributed by atoms with Gasteiger partial charge in [0.2, 0.25) is 0 Å². The minimum atomic E-state index is 0.985. The number of rotatable bonds is 1. The third-order valence-electron chi connectivity index (χ3n) is 1.36. The van der Waals surface area contributed by atoms with E-state index in [9.17, 15) is 0 Å². The Morgan fingerprint density at radius 3 is 3.09 bits per heavy atom. The number of hydrogen-bond acceptors (Lipinski definition) is 2.